The minimum absolute atomic E-state index is 0. The molecular weight excluding hydrogens is 497 g/mol. The summed E-state index contributed by atoms with van der Waals surface area (Å²) in [6, 6.07) is 2.25. The molecule has 1 aromatic heterocycles. The van der Waals surface area contributed by atoms with Crippen LogP contribution in [0.25, 0.3) is 0 Å². The molecular formula is C21H38IN5O3. The summed E-state index contributed by atoms with van der Waals surface area (Å²) in [5.74, 6) is 1.65. The number of aryl methyl sites for hydroxylation is 1. The van der Waals surface area contributed by atoms with Crippen LogP contribution in [0.15, 0.2) is 21.7 Å². The molecule has 2 rings (SSSR count). The fraction of sp³-hybridized carbons (Fsp3) is 0.714. The summed E-state index contributed by atoms with van der Waals surface area (Å²) in [7, 11) is 1.78. The van der Waals surface area contributed by atoms with E-state index in [1.54, 1.807) is 13.1 Å². The highest BCUT2D eigenvalue weighted by atomic mass is 127. The lowest BCUT2D eigenvalue weighted by atomic mass is 10.0. The molecule has 1 aromatic rings. The van der Waals surface area contributed by atoms with E-state index in [0.29, 0.717) is 24.3 Å². The summed E-state index contributed by atoms with van der Waals surface area (Å²) in [5, 5.41) is 9.66. The predicted octanol–water partition coefficient (Wildman–Crippen LogP) is 2.24. The van der Waals surface area contributed by atoms with Crippen LogP contribution in [-0.2, 0) is 4.74 Å². The van der Waals surface area contributed by atoms with E-state index in [1.807, 2.05) is 6.92 Å². The zero-order chi connectivity index (χ0) is 21.1. The van der Waals surface area contributed by atoms with Gasteiger partial charge in [-0.25, -0.2) is 0 Å². The van der Waals surface area contributed by atoms with Crippen LogP contribution in [0.1, 0.15) is 42.8 Å². The van der Waals surface area contributed by atoms with Crippen molar-refractivity contribution >= 4 is 35.8 Å². The first-order valence-electron chi connectivity index (χ1n) is 10.6. The molecule has 9 heteroatoms. The summed E-state index contributed by atoms with van der Waals surface area (Å²) in [5.41, 5.74) is 0.849. The molecule has 8 nitrogen and oxygen atoms in total. The van der Waals surface area contributed by atoms with Crippen molar-refractivity contribution in [3.8, 4) is 0 Å². The average molecular weight is 535 g/mol. The fourth-order valence-electron chi connectivity index (χ4n) is 3.47. The lowest BCUT2D eigenvalue weighted by Crippen LogP contribution is -2.51. The second-order valence-electron chi connectivity index (χ2n) is 7.85. The second-order valence-corrected chi connectivity index (χ2v) is 7.85. The molecule has 1 unspecified atom stereocenters. The van der Waals surface area contributed by atoms with Crippen molar-refractivity contribution in [3.05, 3.63) is 23.7 Å². The summed E-state index contributed by atoms with van der Waals surface area (Å²) >= 11 is 0. The number of hydrogen-bond acceptors (Lipinski definition) is 5. The number of amides is 1. The second kappa shape index (κ2) is 14.6. The van der Waals surface area contributed by atoms with Gasteiger partial charge in [-0.3, -0.25) is 14.7 Å². The first-order valence-corrected chi connectivity index (χ1v) is 10.6. The number of guanidine groups is 1. The van der Waals surface area contributed by atoms with Crippen molar-refractivity contribution in [1.82, 2.24) is 20.9 Å². The van der Waals surface area contributed by atoms with Crippen LogP contribution < -0.4 is 16.0 Å². The van der Waals surface area contributed by atoms with Crippen LogP contribution in [0, 0.1) is 12.8 Å². The standard InChI is InChI=1S/C21H37N5O3.HI/c1-16(2)14-18(26-9-12-28-13-10-26)15-25-21(22-4)24-8-5-7-23-20(27)19-17(3)6-11-29-19;/h6,11,16,18H,5,7-10,12-15H2,1-4H3,(H,23,27)(H2,22,24,25);1H. The van der Waals surface area contributed by atoms with Gasteiger partial charge in [0.1, 0.15) is 0 Å². The van der Waals surface area contributed by atoms with Gasteiger partial charge in [0.05, 0.1) is 19.5 Å². The summed E-state index contributed by atoms with van der Waals surface area (Å²) in [6.07, 6.45) is 3.47. The number of carbonyl (C=O) groups is 1. The maximum atomic E-state index is 12.0. The molecule has 30 heavy (non-hydrogen) atoms. The third kappa shape index (κ3) is 9.22. The van der Waals surface area contributed by atoms with E-state index < -0.39 is 0 Å². The highest BCUT2D eigenvalue weighted by molar-refractivity contribution is 14.0. The number of carbonyl (C=O) groups excluding carboxylic acids is 1. The van der Waals surface area contributed by atoms with Crippen molar-refractivity contribution in [2.24, 2.45) is 10.9 Å². The van der Waals surface area contributed by atoms with Gasteiger partial charge < -0.3 is 25.1 Å². The van der Waals surface area contributed by atoms with Crippen LogP contribution in [0.2, 0.25) is 0 Å². The number of rotatable bonds is 10. The average Bonchev–Trinajstić information content (AvgIpc) is 3.15. The van der Waals surface area contributed by atoms with Crippen molar-refractivity contribution in [3.63, 3.8) is 0 Å². The first-order chi connectivity index (χ1) is 14.0. The summed E-state index contributed by atoms with van der Waals surface area (Å²) < 4.78 is 10.7. The quantitative estimate of drug-likeness (QED) is 0.184. The van der Waals surface area contributed by atoms with Crippen LogP contribution >= 0.6 is 24.0 Å². The molecule has 2 heterocycles. The number of furan rings is 1. The molecule has 0 aliphatic carbocycles. The molecule has 0 saturated carbocycles. The Morgan fingerprint density at radius 2 is 1.90 bits per heavy atom. The van der Waals surface area contributed by atoms with Crippen molar-refractivity contribution in [2.75, 3.05) is 53.0 Å². The van der Waals surface area contributed by atoms with E-state index in [0.717, 1.165) is 63.8 Å². The van der Waals surface area contributed by atoms with Gasteiger partial charge in [-0.05, 0) is 31.7 Å². The summed E-state index contributed by atoms with van der Waals surface area (Å²) in [6.45, 7) is 12.1. The van der Waals surface area contributed by atoms with Crippen molar-refractivity contribution < 1.29 is 13.9 Å². The Morgan fingerprint density at radius 3 is 2.50 bits per heavy atom. The van der Waals surface area contributed by atoms with Gasteiger partial charge in [-0.2, -0.15) is 0 Å². The molecule has 1 saturated heterocycles. The van der Waals surface area contributed by atoms with Crippen LogP contribution in [-0.4, -0.2) is 75.8 Å². The number of morpholine rings is 1. The van der Waals surface area contributed by atoms with E-state index in [1.165, 1.54) is 6.26 Å². The lowest BCUT2D eigenvalue weighted by molar-refractivity contribution is 0.0132. The molecule has 1 aliphatic rings. The van der Waals surface area contributed by atoms with Gasteiger partial charge in [0.15, 0.2) is 11.7 Å². The molecule has 0 radical (unpaired) electrons. The number of halogens is 1. The van der Waals surface area contributed by atoms with Crippen LogP contribution in [0.3, 0.4) is 0 Å². The van der Waals surface area contributed by atoms with Crippen molar-refractivity contribution in [1.29, 1.82) is 0 Å². The monoisotopic (exact) mass is 535 g/mol. The number of aliphatic imine (C=N–C) groups is 1. The summed E-state index contributed by atoms with van der Waals surface area (Å²) in [4.78, 5) is 18.8. The van der Waals surface area contributed by atoms with Gasteiger partial charge in [0, 0.05) is 51.4 Å². The smallest absolute Gasteiger partial charge is 0.287 e. The minimum Gasteiger partial charge on any atom is -0.459 e. The number of nitrogens with one attached hydrogen (secondary N) is 3. The number of nitrogens with zero attached hydrogens (tertiary/aromatic N) is 2. The Labute approximate surface area is 197 Å². The topological polar surface area (TPSA) is 91.1 Å². The number of ether oxygens (including phenoxy) is 1. The first kappa shape index (κ1) is 26.7. The SMILES string of the molecule is CN=C(NCCCNC(=O)c1occc1C)NCC(CC(C)C)N1CCOCC1.I. The third-order valence-electron chi connectivity index (χ3n) is 5.03. The zero-order valence-electron chi connectivity index (χ0n) is 18.7. The van der Waals surface area contributed by atoms with Gasteiger partial charge in [0.25, 0.3) is 5.91 Å². The third-order valence-corrected chi connectivity index (χ3v) is 5.03. The maximum Gasteiger partial charge on any atom is 0.287 e. The Bertz CT molecular complexity index is 644. The normalized spacial score (nSPS) is 16.1. The Kier molecular flexibility index (Phi) is 13.0. The molecule has 1 fully saturated rings. The van der Waals surface area contributed by atoms with Gasteiger partial charge in [-0.1, -0.05) is 13.8 Å². The van der Waals surface area contributed by atoms with E-state index in [2.05, 4.69) is 39.7 Å². The molecule has 3 N–H and O–H groups in total. The molecule has 1 aliphatic heterocycles. The van der Waals surface area contributed by atoms with Gasteiger partial charge >= 0.3 is 0 Å². The minimum atomic E-state index is -0.169. The van der Waals surface area contributed by atoms with E-state index >= 15 is 0 Å². The van der Waals surface area contributed by atoms with Crippen LogP contribution in [0.5, 0.6) is 0 Å². The lowest BCUT2D eigenvalue weighted by Gasteiger charge is -2.35. The Hall–Kier alpha value is -1.33. The maximum absolute atomic E-state index is 12.0. The Morgan fingerprint density at radius 1 is 1.20 bits per heavy atom. The predicted molar refractivity (Wildman–Crippen MR) is 131 cm³/mol. The van der Waals surface area contributed by atoms with E-state index in [4.69, 9.17) is 9.15 Å². The molecule has 0 aromatic carbocycles. The fourth-order valence-corrected chi connectivity index (χ4v) is 3.47. The van der Waals surface area contributed by atoms with Gasteiger partial charge in [0.2, 0.25) is 0 Å². The van der Waals surface area contributed by atoms with E-state index in [9.17, 15) is 4.79 Å². The largest absolute Gasteiger partial charge is 0.459 e. The van der Waals surface area contributed by atoms with Gasteiger partial charge in [-0.15, -0.1) is 24.0 Å². The number of hydrogen-bond donors (Lipinski definition) is 3. The highest BCUT2D eigenvalue weighted by Crippen LogP contribution is 2.13. The molecule has 0 spiro atoms. The molecule has 172 valence electrons. The van der Waals surface area contributed by atoms with Crippen molar-refractivity contribution in [2.45, 2.75) is 39.7 Å². The highest BCUT2D eigenvalue weighted by Gasteiger charge is 2.22. The molecule has 1 amide bonds. The van der Waals surface area contributed by atoms with E-state index in [-0.39, 0.29) is 29.9 Å². The Balaban J connectivity index is 0.00000450. The van der Waals surface area contributed by atoms with Crippen LogP contribution in [0.4, 0.5) is 0 Å². The zero-order valence-corrected chi connectivity index (χ0v) is 21.0. The molecule has 0 bridgehead atoms. The molecule has 1 atom stereocenters.